The SMILES string of the molecule is CC(NCC1CCCn2ccnc21)C(=O)N(C)Cc1cccc(F)c1. The highest BCUT2D eigenvalue weighted by atomic mass is 19.1. The van der Waals surface area contributed by atoms with E-state index in [1.54, 1.807) is 18.0 Å². The van der Waals surface area contributed by atoms with Crippen molar-refractivity contribution in [1.82, 2.24) is 19.8 Å². The molecule has 6 heteroatoms. The standard InChI is InChI=1S/C19H25FN4O/c1-14(19(25)23(2)13-15-5-3-7-17(20)11-15)22-12-16-6-4-9-24-10-8-21-18(16)24/h3,5,7-8,10-11,14,16,22H,4,6,9,12-13H2,1-2H3. The van der Waals surface area contributed by atoms with Crippen molar-refractivity contribution in [2.24, 2.45) is 0 Å². The average molecular weight is 344 g/mol. The first-order valence-electron chi connectivity index (χ1n) is 8.78. The second-order valence-electron chi connectivity index (χ2n) is 6.77. The van der Waals surface area contributed by atoms with Gasteiger partial charge in [0.1, 0.15) is 11.6 Å². The minimum absolute atomic E-state index is 0.00316. The molecule has 0 saturated heterocycles. The number of imidazole rings is 1. The molecule has 0 radical (unpaired) electrons. The first kappa shape index (κ1) is 17.6. The fourth-order valence-electron chi connectivity index (χ4n) is 3.42. The molecule has 0 aliphatic carbocycles. The van der Waals surface area contributed by atoms with Gasteiger partial charge in [-0.15, -0.1) is 0 Å². The fourth-order valence-corrected chi connectivity index (χ4v) is 3.42. The summed E-state index contributed by atoms with van der Waals surface area (Å²) in [6.07, 6.45) is 6.08. The van der Waals surface area contributed by atoms with Gasteiger partial charge in [-0.25, -0.2) is 9.37 Å². The summed E-state index contributed by atoms with van der Waals surface area (Å²) in [6.45, 7) is 4.03. The third-order valence-corrected chi connectivity index (χ3v) is 4.79. The lowest BCUT2D eigenvalue weighted by Crippen LogP contribution is -2.44. The zero-order valence-corrected chi connectivity index (χ0v) is 14.8. The maximum absolute atomic E-state index is 13.3. The van der Waals surface area contributed by atoms with Crippen molar-refractivity contribution in [2.75, 3.05) is 13.6 Å². The van der Waals surface area contributed by atoms with Crippen LogP contribution in [0.15, 0.2) is 36.7 Å². The van der Waals surface area contributed by atoms with Gasteiger partial charge in [0.25, 0.3) is 0 Å². The molecule has 0 bridgehead atoms. The van der Waals surface area contributed by atoms with Crippen LogP contribution in [0.1, 0.15) is 37.1 Å². The van der Waals surface area contributed by atoms with Crippen molar-refractivity contribution < 1.29 is 9.18 Å². The maximum Gasteiger partial charge on any atom is 0.239 e. The van der Waals surface area contributed by atoms with Crippen LogP contribution in [0.4, 0.5) is 4.39 Å². The molecule has 1 aliphatic heterocycles. The van der Waals surface area contributed by atoms with Crippen LogP contribution in [-0.2, 0) is 17.9 Å². The van der Waals surface area contributed by atoms with E-state index < -0.39 is 0 Å². The van der Waals surface area contributed by atoms with Crippen molar-refractivity contribution in [1.29, 1.82) is 0 Å². The largest absolute Gasteiger partial charge is 0.340 e. The molecule has 2 heterocycles. The number of amides is 1. The summed E-state index contributed by atoms with van der Waals surface area (Å²) in [7, 11) is 1.75. The molecule has 3 rings (SSSR count). The third kappa shape index (κ3) is 4.25. The van der Waals surface area contributed by atoms with Crippen molar-refractivity contribution in [3.63, 3.8) is 0 Å². The number of hydrogen-bond acceptors (Lipinski definition) is 3. The Morgan fingerprint density at radius 2 is 2.36 bits per heavy atom. The normalized spacial score (nSPS) is 17.8. The molecule has 5 nitrogen and oxygen atoms in total. The van der Waals surface area contributed by atoms with E-state index in [2.05, 4.69) is 14.9 Å². The number of hydrogen-bond donors (Lipinski definition) is 1. The average Bonchev–Trinajstić information content (AvgIpc) is 3.08. The first-order chi connectivity index (χ1) is 12.0. The Morgan fingerprint density at radius 3 is 3.16 bits per heavy atom. The number of carbonyl (C=O) groups excluding carboxylic acids is 1. The molecule has 25 heavy (non-hydrogen) atoms. The predicted molar refractivity (Wildman–Crippen MR) is 94.5 cm³/mol. The predicted octanol–water partition coefficient (Wildman–Crippen LogP) is 2.54. The van der Waals surface area contributed by atoms with Crippen LogP contribution in [-0.4, -0.2) is 40.0 Å². The summed E-state index contributed by atoms with van der Waals surface area (Å²) in [5.41, 5.74) is 0.789. The van der Waals surface area contributed by atoms with Crippen LogP contribution in [0.3, 0.4) is 0 Å². The summed E-state index contributed by atoms with van der Waals surface area (Å²) in [5, 5.41) is 3.34. The zero-order chi connectivity index (χ0) is 17.8. The molecule has 0 fully saturated rings. The number of aryl methyl sites for hydroxylation is 1. The van der Waals surface area contributed by atoms with E-state index in [-0.39, 0.29) is 17.8 Å². The van der Waals surface area contributed by atoms with E-state index in [9.17, 15) is 9.18 Å². The van der Waals surface area contributed by atoms with Crippen molar-refractivity contribution in [3.05, 3.63) is 53.9 Å². The molecule has 1 amide bonds. The molecule has 2 atom stereocenters. The molecular weight excluding hydrogens is 319 g/mol. The Bertz CT molecular complexity index is 730. The molecular formula is C19H25FN4O. The highest BCUT2D eigenvalue weighted by molar-refractivity contribution is 5.81. The van der Waals surface area contributed by atoms with E-state index in [0.29, 0.717) is 12.5 Å². The number of nitrogens with zero attached hydrogens (tertiary/aromatic N) is 3. The van der Waals surface area contributed by atoms with Gasteiger partial charge in [-0.2, -0.15) is 0 Å². The van der Waals surface area contributed by atoms with E-state index in [0.717, 1.165) is 37.3 Å². The number of rotatable bonds is 6. The van der Waals surface area contributed by atoms with Gasteiger partial charge in [0.2, 0.25) is 5.91 Å². The highest BCUT2D eigenvalue weighted by Gasteiger charge is 2.24. The maximum atomic E-state index is 13.3. The Kier molecular flexibility index (Phi) is 5.48. The van der Waals surface area contributed by atoms with Gasteiger partial charge in [0, 0.05) is 45.0 Å². The van der Waals surface area contributed by atoms with E-state index in [1.165, 1.54) is 12.1 Å². The Morgan fingerprint density at radius 1 is 1.52 bits per heavy atom. The molecule has 1 aromatic heterocycles. The van der Waals surface area contributed by atoms with Crippen LogP contribution < -0.4 is 5.32 Å². The number of halogens is 1. The number of likely N-dealkylation sites (N-methyl/N-ethyl adjacent to an activating group) is 1. The van der Waals surface area contributed by atoms with E-state index in [4.69, 9.17) is 0 Å². The Hall–Kier alpha value is -2.21. The molecule has 1 aromatic carbocycles. The number of carbonyl (C=O) groups is 1. The van der Waals surface area contributed by atoms with Gasteiger partial charge in [-0.05, 0) is 37.5 Å². The van der Waals surface area contributed by atoms with Crippen LogP contribution in [0.5, 0.6) is 0 Å². The number of fused-ring (bicyclic) bond motifs is 1. The quantitative estimate of drug-likeness (QED) is 0.876. The van der Waals surface area contributed by atoms with Gasteiger partial charge in [-0.3, -0.25) is 4.79 Å². The lowest BCUT2D eigenvalue weighted by molar-refractivity contribution is -0.132. The minimum Gasteiger partial charge on any atom is -0.340 e. The number of aromatic nitrogens is 2. The molecule has 134 valence electrons. The van der Waals surface area contributed by atoms with Crippen LogP contribution in [0, 0.1) is 5.82 Å². The van der Waals surface area contributed by atoms with E-state index >= 15 is 0 Å². The van der Waals surface area contributed by atoms with Gasteiger partial charge >= 0.3 is 0 Å². The smallest absolute Gasteiger partial charge is 0.239 e. The number of nitrogens with one attached hydrogen (secondary N) is 1. The van der Waals surface area contributed by atoms with Gasteiger partial charge < -0.3 is 14.8 Å². The summed E-state index contributed by atoms with van der Waals surface area (Å²) < 4.78 is 15.5. The monoisotopic (exact) mass is 344 g/mol. The lowest BCUT2D eigenvalue weighted by Gasteiger charge is -2.27. The molecule has 0 saturated carbocycles. The van der Waals surface area contributed by atoms with Crippen molar-refractivity contribution in [2.45, 2.75) is 44.8 Å². The first-order valence-corrected chi connectivity index (χ1v) is 8.78. The zero-order valence-electron chi connectivity index (χ0n) is 14.8. The molecule has 2 unspecified atom stereocenters. The van der Waals surface area contributed by atoms with Crippen LogP contribution in [0.25, 0.3) is 0 Å². The Balaban J connectivity index is 1.53. The van der Waals surface area contributed by atoms with Gasteiger partial charge in [0.05, 0.1) is 6.04 Å². The summed E-state index contributed by atoms with van der Waals surface area (Å²) in [4.78, 5) is 18.6. The fraction of sp³-hybridized carbons (Fsp3) is 0.474. The highest BCUT2D eigenvalue weighted by Crippen LogP contribution is 2.24. The molecule has 1 aliphatic rings. The third-order valence-electron chi connectivity index (χ3n) is 4.79. The minimum atomic E-state index is -0.288. The second kappa shape index (κ2) is 7.78. The van der Waals surface area contributed by atoms with Crippen molar-refractivity contribution in [3.8, 4) is 0 Å². The molecule has 2 aromatic rings. The number of benzene rings is 1. The summed E-state index contributed by atoms with van der Waals surface area (Å²) >= 11 is 0. The molecule has 1 N–H and O–H groups in total. The van der Waals surface area contributed by atoms with Gasteiger partial charge in [-0.1, -0.05) is 12.1 Å². The van der Waals surface area contributed by atoms with Crippen LogP contribution in [0.2, 0.25) is 0 Å². The summed E-state index contributed by atoms with van der Waals surface area (Å²) in [6, 6.07) is 6.07. The lowest BCUT2D eigenvalue weighted by atomic mass is 9.98. The van der Waals surface area contributed by atoms with Gasteiger partial charge in [0.15, 0.2) is 0 Å². The summed E-state index contributed by atoms with van der Waals surface area (Å²) in [5.74, 6) is 1.17. The second-order valence-corrected chi connectivity index (χ2v) is 6.77. The Labute approximate surface area is 147 Å². The molecule has 0 spiro atoms. The van der Waals surface area contributed by atoms with E-state index in [1.807, 2.05) is 25.4 Å². The van der Waals surface area contributed by atoms with Crippen LogP contribution >= 0.6 is 0 Å². The topological polar surface area (TPSA) is 50.2 Å². The van der Waals surface area contributed by atoms with Crippen molar-refractivity contribution >= 4 is 5.91 Å².